The first-order chi connectivity index (χ1) is 15.7. The number of nitrogens with zero attached hydrogens (tertiary/aromatic N) is 1. The van der Waals surface area contributed by atoms with Gasteiger partial charge in [0.15, 0.2) is 0 Å². The van der Waals surface area contributed by atoms with Gasteiger partial charge >= 0.3 is 11.9 Å². The molecular weight excluding hydrogens is 442 g/mol. The van der Waals surface area contributed by atoms with Gasteiger partial charge in [-0.05, 0) is 31.0 Å². The number of aryl methyl sites for hydroxylation is 1. The number of benzene rings is 2. The summed E-state index contributed by atoms with van der Waals surface area (Å²) >= 11 is 0. The van der Waals surface area contributed by atoms with E-state index in [1.165, 1.54) is 30.7 Å². The maximum atomic E-state index is 13.5. The minimum Gasteiger partial charge on any atom is -0.469 e. The van der Waals surface area contributed by atoms with Gasteiger partial charge in [0.2, 0.25) is 10.0 Å². The molecule has 4 rings (SSSR count). The Morgan fingerprint density at radius 2 is 1.58 bits per heavy atom. The van der Waals surface area contributed by atoms with E-state index in [9.17, 15) is 18.0 Å². The molecule has 33 heavy (non-hydrogen) atoms. The summed E-state index contributed by atoms with van der Waals surface area (Å²) in [6.07, 6.45) is 3.74. The van der Waals surface area contributed by atoms with Crippen molar-refractivity contribution in [2.24, 2.45) is 10.8 Å². The summed E-state index contributed by atoms with van der Waals surface area (Å²) in [6, 6.07) is 16.1. The van der Waals surface area contributed by atoms with Crippen molar-refractivity contribution in [2.45, 2.75) is 24.2 Å². The maximum absolute atomic E-state index is 13.5. The molecule has 2 aliphatic rings. The van der Waals surface area contributed by atoms with Crippen LogP contribution in [-0.2, 0) is 29.1 Å². The molecule has 1 aliphatic heterocycles. The quantitative estimate of drug-likeness (QED) is 0.494. The van der Waals surface area contributed by atoms with Crippen LogP contribution in [0.2, 0.25) is 0 Å². The molecule has 0 saturated carbocycles. The third-order valence-electron chi connectivity index (χ3n) is 6.92. The van der Waals surface area contributed by atoms with Crippen LogP contribution in [0.1, 0.15) is 23.5 Å². The molecule has 0 unspecified atom stereocenters. The van der Waals surface area contributed by atoms with Crippen LogP contribution < -0.4 is 0 Å². The maximum Gasteiger partial charge on any atom is 0.318 e. The Hall–Kier alpha value is -2.97. The van der Waals surface area contributed by atoms with Gasteiger partial charge in [0.1, 0.15) is 10.8 Å². The van der Waals surface area contributed by atoms with Gasteiger partial charge in [0, 0.05) is 19.0 Å². The van der Waals surface area contributed by atoms with Crippen molar-refractivity contribution in [3.8, 4) is 0 Å². The van der Waals surface area contributed by atoms with E-state index in [1.807, 2.05) is 43.3 Å². The average molecular weight is 470 g/mol. The topological polar surface area (TPSA) is 90.0 Å². The molecule has 7 nitrogen and oxygen atoms in total. The molecule has 1 aliphatic carbocycles. The Labute approximate surface area is 194 Å². The normalized spacial score (nSPS) is 27.1. The lowest BCUT2D eigenvalue weighted by atomic mass is 9.57. The second-order valence-corrected chi connectivity index (χ2v) is 10.6. The number of esters is 2. The summed E-state index contributed by atoms with van der Waals surface area (Å²) in [7, 11) is -1.47. The largest absolute Gasteiger partial charge is 0.469 e. The van der Waals surface area contributed by atoms with Crippen molar-refractivity contribution in [3.63, 3.8) is 0 Å². The van der Waals surface area contributed by atoms with Gasteiger partial charge in [-0.2, -0.15) is 4.31 Å². The third kappa shape index (κ3) is 3.57. The summed E-state index contributed by atoms with van der Waals surface area (Å²) in [5, 5.41) is 0. The van der Waals surface area contributed by atoms with Crippen LogP contribution in [0.15, 0.2) is 71.6 Å². The number of carbonyl (C=O) groups excluding carboxylic acids is 2. The van der Waals surface area contributed by atoms with E-state index in [2.05, 4.69) is 0 Å². The first-order valence-corrected chi connectivity index (χ1v) is 12.1. The van der Waals surface area contributed by atoms with Crippen molar-refractivity contribution in [2.75, 3.05) is 27.3 Å². The summed E-state index contributed by atoms with van der Waals surface area (Å²) < 4.78 is 38.6. The van der Waals surface area contributed by atoms with Gasteiger partial charge in [-0.1, -0.05) is 60.2 Å². The number of hydrogen-bond acceptors (Lipinski definition) is 6. The van der Waals surface area contributed by atoms with Gasteiger partial charge in [-0.3, -0.25) is 9.59 Å². The highest BCUT2D eigenvalue weighted by Crippen LogP contribution is 2.58. The van der Waals surface area contributed by atoms with Crippen LogP contribution in [0.25, 0.3) is 0 Å². The molecule has 0 bridgehead atoms. The zero-order valence-electron chi connectivity index (χ0n) is 18.9. The van der Waals surface area contributed by atoms with Crippen molar-refractivity contribution >= 4 is 22.0 Å². The van der Waals surface area contributed by atoms with Gasteiger partial charge in [-0.15, -0.1) is 0 Å². The highest BCUT2D eigenvalue weighted by atomic mass is 32.2. The van der Waals surface area contributed by atoms with Gasteiger partial charge < -0.3 is 9.47 Å². The minimum atomic E-state index is -3.97. The van der Waals surface area contributed by atoms with Crippen LogP contribution in [0.5, 0.6) is 0 Å². The van der Waals surface area contributed by atoms with E-state index >= 15 is 0 Å². The first kappa shape index (κ1) is 23.2. The second kappa shape index (κ2) is 8.43. The van der Waals surface area contributed by atoms with Crippen molar-refractivity contribution in [3.05, 3.63) is 77.9 Å². The summed E-state index contributed by atoms with van der Waals surface area (Å²) in [6.45, 7) is 1.48. The number of fused-ring (bicyclic) bond motifs is 1. The summed E-state index contributed by atoms with van der Waals surface area (Å²) in [5.41, 5.74) is -1.02. The monoisotopic (exact) mass is 469 g/mol. The van der Waals surface area contributed by atoms with Crippen LogP contribution in [-0.4, -0.2) is 52.0 Å². The fourth-order valence-corrected chi connectivity index (χ4v) is 6.65. The molecule has 0 radical (unpaired) electrons. The molecular formula is C25H27NO6S. The smallest absolute Gasteiger partial charge is 0.318 e. The zero-order chi connectivity index (χ0) is 23.9. The van der Waals surface area contributed by atoms with E-state index in [0.29, 0.717) is 0 Å². The Balaban J connectivity index is 1.85. The summed E-state index contributed by atoms with van der Waals surface area (Å²) in [5.74, 6) is -1.47. The molecule has 0 N–H and O–H groups in total. The number of sulfonamides is 1. The lowest BCUT2D eigenvalue weighted by Gasteiger charge is -2.43. The molecule has 174 valence electrons. The number of ether oxygens (including phenoxy) is 2. The Morgan fingerprint density at radius 3 is 2.18 bits per heavy atom. The molecule has 2 aromatic rings. The predicted octanol–water partition coefficient (Wildman–Crippen LogP) is 3.06. The highest BCUT2D eigenvalue weighted by Gasteiger charge is 2.69. The molecule has 0 amide bonds. The molecule has 1 fully saturated rings. The predicted molar refractivity (Wildman–Crippen MR) is 122 cm³/mol. The van der Waals surface area contributed by atoms with E-state index in [0.717, 1.165) is 11.1 Å². The Morgan fingerprint density at radius 1 is 0.939 bits per heavy atom. The molecule has 1 heterocycles. The van der Waals surface area contributed by atoms with Gasteiger partial charge in [0.25, 0.3) is 0 Å². The van der Waals surface area contributed by atoms with Gasteiger partial charge in [-0.25, -0.2) is 8.42 Å². The SMILES string of the molecule is COC(=O)[C@@]12C[C@@H](c3ccccc3)C=C[C@]1(C(=O)OC)CN(S(=O)(=O)c1ccc(C)cc1)C2. The molecule has 3 atom stereocenters. The van der Waals surface area contributed by atoms with Crippen LogP contribution in [0.3, 0.4) is 0 Å². The van der Waals surface area contributed by atoms with Crippen molar-refractivity contribution in [1.82, 2.24) is 4.31 Å². The molecule has 1 saturated heterocycles. The fourth-order valence-electron chi connectivity index (χ4n) is 5.10. The van der Waals surface area contributed by atoms with Crippen molar-refractivity contribution in [1.29, 1.82) is 0 Å². The minimum absolute atomic E-state index is 0.107. The number of allylic oxidation sites excluding steroid dienone is 1. The standard InChI is InChI=1S/C25H27NO6S/c1-18-9-11-21(12-10-18)33(29,30)26-16-24(22(27)31-2)14-13-20(19-7-5-4-6-8-19)15-25(24,17-26)23(28)32-3/h4-14,20H,15-17H2,1-3H3/t20-,24+,25-/m0/s1. The third-order valence-corrected chi connectivity index (χ3v) is 8.73. The first-order valence-electron chi connectivity index (χ1n) is 10.7. The van der Waals surface area contributed by atoms with Crippen molar-refractivity contribution < 1.29 is 27.5 Å². The molecule has 0 aromatic heterocycles. The number of carbonyl (C=O) groups is 2. The lowest BCUT2D eigenvalue weighted by molar-refractivity contribution is -0.170. The number of methoxy groups -OCH3 is 2. The zero-order valence-corrected chi connectivity index (χ0v) is 19.7. The number of rotatable bonds is 5. The van der Waals surface area contributed by atoms with E-state index in [1.54, 1.807) is 18.2 Å². The lowest BCUT2D eigenvalue weighted by Crippen LogP contribution is -2.54. The van der Waals surface area contributed by atoms with E-state index in [4.69, 9.17) is 9.47 Å². The van der Waals surface area contributed by atoms with Crippen LogP contribution >= 0.6 is 0 Å². The molecule has 0 spiro atoms. The van der Waals surface area contributed by atoms with Gasteiger partial charge in [0.05, 0.1) is 19.1 Å². The Bertz CT molecular complexity index is 1190. The number of hydrogen-bond donors (Lipinski definition) is 0. The average Bonchev–Trinajstić information content (AvgIpc) is 3.21. The molecule has 2 aromatic carbocycles. The van der Waals surface area contributed by atoms with Crippen LogP contribution in [0.4, 0.5) is 0 Å². The molecule has 8 heteroatoms. The fraction of sp³-hybridized carbons (Fsp3) is 0.360. The van der Waals surface area contributed by atoms with E-state index < -0.39 is 32.8 Å². The Kier molecular flexibility index (Phi) is 5.92. The second-order valence-electron chi connectivity index (χ2n) is 8.70. The van der Waals surface area contributed by atoms with Crippen LogP contribution in [0, 0.1) is 17.8 Å². The van der Waals surface area contributed by atoms with E-state index in [-0.39, 0.29) is 30.3 Å². The summed E-state index contributed by atoms with van der Waals surface area (Å²) in [4.78, 5) is 26.6. The highest BCUT2D eigenvalue weighted by molar-refractivity contribution is 7.89.